The Morgan fingerprint density at radius 3 is 2.48 bits per heavy atom. The summed E-state index contributed by atoms with van der Waals surface area (Å²) in [6.07, 6.45) is 8.99. The zero-order valence-electron chi connectivity index (χ0n) is 12.6. The first-order valence-corrected chi connectivity index (χ1v) is 8.20. The van der Waals surface area contributed by atoms with Crippen LogP contribution in [0.25, 0.3) is 10.9 Å². The molecule has 1 aromatic heterocycles. The van der Waals surface area contributed by atoms with E-state index in [0.29, 0.717) is 12.2 Å². The molecule has 110 valence electrons. The molecule has 2 nitrogen and oxygen atoms in total. The highest BCUT2D eigenvalue weighted by atomic mass is 16.1. The summed E-state index contributed by atoms with van der Waals surface area (Å²) in [4.78, 5) is 17.2. The predicted molar refractivity (Wildman–Crippen MR) is 86.3 cm³/mol. The van der Waals surface area contributed by atoms with Gasteiger partial charge in [-0.05, 0) is 25.0 Å². The van der Waals surface area contributed by atoms with E-state index in [-0.39, 0.29) is 5.92 Å². The van der Waals surface area contributed by atoms with Crippen LogP contribution in [0, 0.1) is 5.92 Å². The van der Waals surface area contributed by atoms with E-state index in [2.05, 4.69) is 17.1 Å². The molecule has 0 N–H and O–H groups in total. The van der Waals surface area contributed by atoms with Gasteiger partial charge < -0.3 is 0 Å². The number of pyridine rings is 1. The fourth-order valence-corrected chi connectivity index (χ4v) is 3.31. The molecule has 1 aliphatic carbocycles. The number of rotatable bonds is 3. The number of benzene rings is 1. The van der Waals surface area contributed by atoms with E-state index in [1.165, 1.54) is 32.1 Å². The second kappa shape index (κ2) is 6.84. The van der Waals surface area contributed by atoms with Crippen molar-refractivity contribution in [1.82, 2.24) is 4.98 Å². The van der Waals surface area contributed by atoms with Crippen LogP contribution in [0.5, 0.6) is 0 Å². The molecular weight excluding hydrogens is 258 g/mol. The molecule has 0 amide bonds. The van der Waals surface area contributed by atoms with Crippen LogP contribution in [0.4, 0.5) is 0 Å². The fourth-order valence-electron chi connectivity index (χ4n) is 3.31. The number of fused-ring (bicyclic) bond motifs is 1. The van der Waals surface area contributed by atoms with Gasteiger partial charge >= 0.3 is 0 Å². The summed E-state index contributed by atoms with van der Waals surface area (Å²) < 4.78 is 0. The van der Waals surface area contributed by atoms with Crippen molar-refractivity contribution < 1.29 is 4.79 Å². The van der Waals surface area contributed by atoms with Crippen LogP contribution < -0.4 is 0 Å². The Morgan fingerprint density at radius 2 is 1.67 bits per heavy atom. The van der Waals surface area contributed by atoms with E-state index in [1.54, 1.807) is 0 Å². The molecule has 0 unspecified atom stereocenters. The maximum atomic E-state index is 12.5. The number of ketones is 1. The smallest absolute Gasteiger partial charge is 0.141 e. The van der Waals surface area contributed by atoms with Crippen molar-refractivity contribution in [3.05, 3.63) is 42.1 Å². The van der Waals surface area contributed by atoms with Crippen molar-refractivity contribution in [1.29, 1.82) is 0 Å². The summed E-state index contributed by atoms with van der Waals surface area (Å²) in [5, 5.41) is 1.14. The Morgan fingerprint density at radius 1 is 0.952 bits per heavy atom. The molecule has 2 heteroatoms. The highest BCUT2D eigenvalue weighted by Crippen LogP contribution is 2.24. The van der Waals surface area contributed by atoms with E-state index in [0.717, 1.165) is 29.4 Å². The lowest BCUT2D eigenvalue weighted by Gasteiger charge is -2.18. The zero-order chi connectivity index (χ0) is 14.5. The largest absolute Gasteiger partial charge is 0.299 e. The molecule has 3 rings (SSSR count). The lowest BCUT2D eigenvalue weighted by atomic mass is 9.86. The SMILES string of the molecule is O=C(Cc1ccc2ccccc2n1)C1CCCCCCC1. The number of hydrogen-bond acceptors (Lipinski definition) is 2. The molecule has 1 heterocycles. The van der Waals surface area contributed by atoms with Gasteiger partial charge in [0.15, 0.2) is 0 Å². The summed E-state index contributed by atoms with van der Waals surface area (Å²) in [6.45, 7) is 0. The quantitative estimate of drug-likeness (QED) is 0.815. The zero-order valence-corrected chi connectivity index (χ0v) is 12.6. The first-order chi connectivity index (χ1) is 10.3. The molecule has 0 spiro atoms. The van der Waals surface area contributed by atoms with Crippen molar-refractivity contribution in [2.45, 2.75) is 51.4 Å². The molecule has 0 atom stereocenters. The van der Waals surface area contributed by atoms with Gasteiger partial charge in [-0.3, -0.25) is 9.78 Å². The maximum Gasteiger partial charge on any atom is 0.141 e. The topological polar surface area (TPSA) is 30.0 Å². The summed E-state index contributed by atoms with van der Waals surface area (Å²) in [5.74, 6) is 0.651. The first-order valence-electron chi connectivity index (χ1n) is 8.20. The molecule has 21 heavy (non-hydrogen) atoms. The summed E-state index contributed by atoms with van der Waals surface area (Å²) in [5.41, 5.74) is 1.90. The molecular formula is C19H23NO. The fraction of sp³-hybridized carbons (Fsp3) is 0.474. The monoisotopic (exact) mass is 281 g/mol. The Hall–Kier alpha value is -1.70. The molecule has 0 aliphatic heterocycles. The second-order valence-electron chi connectivity index (χ2n) is 6.18. The van der Waals surface area contributed by atoms with Gasteiger partial charge in [0.05, 0.1) is 5.52 Å². The average Bonchev–Trinajstić information content (AvgIpc) is 2.46. The van der Waals surface area contributed by atoms with Crippen LogP contribution in [-0.2, 0) is 11.2 Å². The standard InChI is InChI=1S/C19H23NO/c21-19(16-9-4-2-1-3-5-10-16)14-17-13-12-15-8-6-7-11-18(15)20-17/h6-8,11-13,16H,1-5,9-10,14H2. The number of aromatic nitrogens is 1. The van der Waals surface area contributed by atoms with Crippen LogP contribution in [-0.4, -0.2) is 10.8 Å². The molecule has 1 saturated carbocycles. The van der Waals surface area contributed by atoms with Crippen LogP contribution >= 0.6 is 0 Å². The van der Waals surface area contributed by atoms with Gasteiger partial charge in [0.25, 0.3) is 0 Å². The molecule has 0 bridgehead atoms. The number of carbonyl (C=O) groups is 1. The van der Waals surface area contributed by atoms with Gasteiger partial charge in [-0.1, -0.05) is 56.4 Å². The van der Waals surface area contributed by atoms with Gasteiger partial charge in [0, 0.05) is 23.4 Å². The van der Waals surface area contributed by atoms with Crippen LogP contribution in [0.15, 0.2) is 36.4 Å². The number of Topliss-reactive ketones (excluding diaryl/α,β-unsaturated/α-hetero) is 1. The molecule has 1 fully saturated rings. The van der Waals surface area contributed by atoms with Gasteiger partial charge in [-0.2, -0.15) is 0 Å². The van der Waals surface area contributed by atoms with E-state index in [9.17, 15) is 4.79 Å². The normalized spacial score (nSPS) is 17.3. The van der Waals surface area contributed by atoms with Crippen LogP contribution in [0.3, 0.4) is 0 Å². The van der Waals surface area contributed by atoms with E-state index in [4.69, 9.17) is 0 Å². The Labute approximate surface area is 126 Å². The van der Waals surface area contributed by atoms with Crippen molar-refractivity contribution >= 4 is 16.7 Å². The third-order valence-corrected chi connectivity index (χ3v) is 4.57. The Balaban J connectivity index is 1.69. The number of nitrogens with zero attached hydrogens (tertiary/aromatic N) is 1. The summed E-state index contributed by atoms with van der Waals surface area (Å²) in [7, 11) is 0. The molecule has 1 aliphatic rings. The summed E-state index contributed by atoms with van der Waals surface area (Å²) in [6, 6.07) is 12.2. The number of para-hydroxylation sites is 1. The minimum absolute atomic E-state index is 0.263. The third-order valence-electron chi connectivity index (χ3n) is 4.57. The lowest BCUT2D eigenvalue weighted by molar-refractivity contribution is -0.122. The van der Waals surface area contributed by atoms with Crippen LogP contribution in [0.2, 0.25) is 0 Å². The molecule has 0 radical (unpaired) electrons. The van der Waals surface area contributed by atoms with Gasteiger partial charge in [0.1, 0.15) is 5.78 Å². The molecule has 0 saturated heterocycles. The van der Waals surface area contributed by atoms with Gasteiger partial charge in [0.2, 0.25) is 0 Å². The minimum Gasteiger partial charge on any atom is -0.299 e. The van der Waals surface area contributed by atoms with Crippen LogP contribution in [0.1, 0.15) is 50.6 Å². The third kappa shape index (κ3) is 3.69. The Kier molecular flexibility index (Phi) is 4.64. The highest BCUT2D eigenvalue weighted by molar-refractivity contribution is 5.84. The molecule has 2 aromatic rings. The van der Waals surface area contributed by atoms with E-state index in [1.807, 2.05) is 24.3 Å². The van der Waals surface area contributed by atoms with Crippen molar-refractivity contribution in [2.24, 2.45) is 5.92 Å². The highest BCUT2D eigenvalue weighted by Gasteiger charge is 2.19. The number of carbonyl (C=O) groups excluding carboxylic acids is 1. The van der Waals surface area contributed by atoms with Gasteiger partial charge in [-0.15, -0.1) is 0 Å². The maximum absolute atomic E-state index is 12.5. The van der Waals surface area contributed by atoms with Gasteiger partial charge in [-0.25, -0.2) is 0 Å². The lowest BCUT2D eigenvalue weighted by Crippen LogP contribution is -2.18. The van der Waals surface area contributed by atoms with E-state index >= 15 is 0 Å². The van der Waals surface area contributed by atoms with Crippen molar-refractivity contribution in [2.75, 3.05) is 0 Å². The summed E-state index contributed by atoms with van der Waals surface area (Å²) >= 11 is 0. The van der Waals surface area contributed by atoms with E-state index < -0.39 is 0 Å². The number of hydrogen-bond donors (Lipinski definition) is 0. The second-order valence-corrected chi connectivity index (χ2v) is 6.18. The predicted octanol–water partition coefficient (Wildman–Crippen LogP) is 4.71. The molecule has 1 aromatic carbocycles. The van der Waals surface area contributed by atoms with Crippen molar-refractivity contribution in [3.63, 3.8) is 0 Å². The first kappa shape index (κ1) is 14.2. The van der Waals surface area contributed by atoms with Crippen molar-refractivity contribution in [3.8, 4) is 0 Å². The minimum atomic E-state index is 0.263. The average molecular weight is 281 g/mol. The Bertz CT molecular complexity index is 612.